The smallest absolute Gasteiger partial charge is 0.314 e. The average molecular weight is 256 g/mol. The first kappa shape index (κ1) is 12.0. The van der Waals surface area contributed by atoms with Crippen LogP contribution in [0.2, 0.25) is 0 Å². The van der Waals surface area contributed by atoms with E-state index < -0.39 is 11.4 Å². The highest BCUT2D eigenvalue weighted by atomic mass is 16.4. The Morgan fingerprint density at radius 1 is 1.26 bits per heavy atom. The van der Waals surface area contributed by atoms with Crippen molar-refractivity contribution in [1.29, 1.82) is 0 Å². The molecule has 3 rings (SSSR count). The highest BCUT2D eigenvalue weighted by Crippen LogP contribution is 2.48. The maximum absolute atomic E-state index is 11.3. The van der Waals surface area contributed by atoms with Gasteiger partial charge in [-0.2, -0.15) is 5.10 Å². The van der Waals surface area contributed by atoms with Crippen LogP contribution in [0, 0.1) is 13.8 Å². The predicted octanol–water partition coefficient (Wildman–Crippen LogP) is 2.81. The van der Waals surface area contributed by atoms with Crippen LogP contribution in [0.25, 0.3) is 11.1 Å². The first-order valence-corrected chi connectivity index (χ1v) is 6.40. The molecule has 1 heterocycles. The molecule has 1 aromatic carbocycles. The number of H-pyrrole nitrogens is 1. The molecule has 0 unspecified atom stereocenters. The monoisotopic (exact) mass is 256 g/mol. The summed E-state index contributed by atoms with van der Waals surface area (Å²) in [6.07, 6.45) is 1.48. The summed E-state index contributed by atoms with van der Waals surface area (Å²) in [4.78, 5) is 11.3. The topological polar surface area (TPSA) is 66.0 Å². The molecule has 1 aliphatic carbocycles. The van der Waals surface area contributed by atoms with Crippen molar-refractivity contribution in [2.24, 2.45) is 0 Å². The van der Waals surface area contributed by atoms with Crippen molar-refractivity contribution in [2.45, 2.75) is 32.1 Å². The normalized spacial score (nSPS) is 16.3. The van der Waals surface area contributed by atoms with Crippen LogP contribution in [0.15, 0.2) is 24.3 Å². The Hall–Kier alpha value is -2.10. The van der Waals surface area contributed by atoms with Gasteiger partial charge >= 0.3 is 5.97 Å². The Balaban J connectivity index is 1.98. The average Bonchev–Trinajstić information content (AvgIpc) is 3.13. The standard InChI is InChI=1S/C15H16N2O2/c1-9-13(10(2)17-16-9)11-3-5-12(6-4-11)15(7-8-15)14(18)19/h3-6H,7-8H2,1-2H3,(H,16,17)(H,18,19). The van der Waals surface area contributed by atoms with Gasteiger partial charge in [0.1, 0.15) is 0 Å². The van der Waals surface area contributed by atoms with E-state index in [4.69, 9.17) is 0 Å². The Morgan fingerprint density at radius 2 is 1.89 bits per heavy atom. The molecular formula is C15H16N2O2. The molecule has 19 heavy (non-hydrogen) atoms. The summed E-state index contributed by atoms with van der Waals surface area (Å²) in [6.45, 7) is 3.95. The number of hydrogen-bond acceptors (Lipinski definition) is 2. The number of aromatic nitrogens is 2. The minimum atomic E-state index is -0.712. The number of aliphatic carboxylic acids is 1. The second-order valence-electron chi connectivity index (χ2n) is 5.27. The van der Waals surface area contributed by atoms with Crippen molar-refractivity contribution >= 4 is 5.97 Å². The zero-order chi connectivity index (χ0) is 13.6. The van der Waals surface area contributed by atoms with E-state index in [0.717, 1.165) is 40.9 Å². The molecule has 98 valence electrons. The lowest BCUT2D eigenvalue weighted by molar-refractivity contribution is -0.140. The Bertz CT molecular complexity index is 617. The van der Waals surface area contributed by atoms with Gasteiger partial charge in [-0.15, -0.1) is 0 Å². The van der Waals surface area contributed by atoms with Crippen LogP contribution in [0.4, 0.5) is 0 Å². The molecule has 0 bridgehead atoms. The van der Waals surface area contributed by atoms with Crippen LogP contribution in [-0.4, -0.2) is 21.3 Å². The number of nitrogens with one attached hydrogen (secondary N) is 1. The maximum atomic E-state index is 11.3. The Morgan fingerprint density at radius 3 is 2.32 bits per heavy atom. The second-order valence-corrected chi connectivity index (χ2v) is 5.27. The lowest BCUT2D eigenvalue weighted by atomic mass is 9.93. The number of aryl methyl sites for hydroxylation is 2. The van der Waals surface area contributed by atoms with E-state index in [1.54, 1.807) is 0 Å². The highest BCUT2D eigenvalue weighted by Gasteiger charge is 2.51. The number of benzene rings is 1. The van der Waals surface area contributed by atoms with Gasteiger partial charge in [-0.1, -0.05) is 24.3 Å². The summed E-state index contributed by atoms with van der Waals surface area (Å²) in [5.41, 5.74) is 4.45. The van der Waals surface area contributed by atoms with Crippen LogP contribution in [-0.2, 0) is 10.2 Å². The molecule has 2 aromatic rings. The summed E-state index contributed by atoms with van der Waals surface area (Å²) < 4.78 is 0. The third-order valence-corrected chi connectivity index (χ3v) is 4.01. The van der Waals surface area contributed by atoms with E-state index in [0.29, 0.717) is 0 Å². The minimum absolute atomic E-state index is 0.626. The van der Waals surface area contributed by atoms with E-state index in [9.17, 15) is 9.90 Å². The van der Waals surface area contributed by atoms with Crippen molar-refractivity contribution < 1.29 is 9.90 Å². The van der Waals surface area contributed by atoms with E-state index in [-0.39, 0.29) is 0 Å². The van der Waals surface area contributed by atoms with Crippen molar-refractivity contribution in [3.63, 3.8) is 0 Å². The first-order chi connectivity index (χ1) is 9.04. The zero-order valence-corrected chi connectivity index (χ0v) is 11.0. The van der Waals surface area contributed by atoms with Crippen molar-refractivity contribution in [2.75, 3.05) is 0 Å². The summed E-state index contributed by atoms with van der Waals surface area (Å²) in [6, 6.07) is 7.84. The van der Waals surface area contributed by atoms with Gasteiger partial charge in [0.25, 0.3) is 0 Å². The molecule has 0 radical (unpaired) electrons. The number of hydrogen-bond donors (Lipinski definition) is 2. The van der Waals surface area contributed by atoms with Gasteiger partial charge < -0.3 is 5.11 Å². The number of carboxylic acids is 1. The van der Waals surface area contributed by atoms with E-state index in [1.807, 2.05) is 38.1 Å². The molecule has 1 fully saturated rings. The number of rotatable bonds is 3. The SMILES string of the molecule is Cc1n[nH]c(C)c1-c1ccc(C2(C(=O)O)CC2)cc1. The third-order valence-electron chi connectivity index (χ3n) is 4.01. The quantitative estimate of drug-likeness (QED) is 0.887. The van der Waals surface area contributed by atoms with Gasteiger partial charge in [0.15, 0.2) is 0 Å². The molecule has 1 aliphatic rings. The van der Waals surface area contributed by atoms with E-state index in [2.05, 4.69) is 10.2 Å². The first-order valence-electron chi connectivity index (χ1n) is 6.40. The van der Waals surface area contributed by atoms with Gasteiger partial charge in [0, 0.05) is 11.3 Å². The molecule has 1 aromatic heterocycles. The van der Waals surface area contributed by atoms with E-state index >= 15 is 0 Å². The van der Waals surface area contributed by atoms with Gasteiger partial charge in [-0.25, -0.2) is 0 Å². The van der Waals surface area contributed by atoms with Crippen LogP contribution in [0.5, 0.6) is 0 Å². The molecule has 1 saturated carbocycles. The Labute approximate surface area is 111 Å². The van der Waals surface area contributed by atoms with Crippen molar-refractivity contribution in [1.82, 2.24) is 10.2 Å². The number of aromatic amines is 1. The lowest BCUT2D eigenvalue weighted by Crippen LogP contribution is -2.19. The van der Waals surface area contributed by atoms with Crippen LogP contribution < -0.4 is 0 Å². The third kappa shape index (κ3) is 1.75. The molecule has 0 atom stereocenters. The fraction of sp³-hybridized carbons (Fsp3) is 0.333. The van der Waals surface area contributed by atoms with Crippen LogP contribution in [0.3, 0.4) is 0 Å². The van der Waals surface area contributed by atoms with Gasteiger partial charge in [-0.3, -0.25) is 9.89 Å². The van der Waals surface area contributed by atoms with Crippen LogP contribution in [0.1, 0.15) is 29.8 Å². The molecular weight excluding hydrogens is 240 g/mol. The molecule has 4 heteroatoms. The summed E-state index contributed by atoms with van der Waals surface area (Å²) in [7, 11) is 0. The fourth-order valence-electron chi connectivity index (χ4n) is 2.68. The molecule has 0 amide bonds. The maximum Gasteiger partial charge on any atom is 0.314 e. The lowest BCUT2D eigenvalue weighted by Gasteiger charge is -2.11. The van der Waals surface area contributed by atoms with Gasteiger partial charge in [0.05, 0.1) is 11.1 Å². The highest BCUT2D eigenvalue weighted by molar-refractivity contribution is 5.85. The zero-order valence-electron chi connectivity index (χ0n) is 11.0. The molecule has 0 saturated heterocycles. The van der Waals surface area contributed by atoms with Crippen molar-refractivity contribution in [3.05, 3.63) is 41.2 Å². The molecule has 0 spiro atoms. The predicted molar refractivity (Wildman–Crippen MR) is 72.0 cm³/mol. The van der Waals surface area contributed by atoms with Crippen LogP contribution >= 0.6 is 0 Å². The Kier molecular flexibility index (Phi) is 2.49. The van der Waals surface area contributed by atoms with Gasteiger partial charge in [-0.05, 0) is 37.8 Å². The molecule has 2 N–H and O–H groups in total. The van der Waals surface area contributed by atoms with Crippen molar-refractivity contribution in [3.8, 4) is 11.1 Å². The minimum Gasteiger partial charge on any atom is -0.481 e. The molecule has 4 nitrogen and oxygen atoms in total. The largest absolute Gasteiger partial charge is 0.481 e. The molecule has 0 aliphatic heterocycles. The van der Waals surface area contributed by atoms with E-state index in [1.165, 1.54) is 0 Å². The second kappa shape index (κ2) is 3.95. The number of carboxylic acid groups (broad SMARTS) is 1. The summed E-state index contributed by atoms with van der Waals surface area (Å²) in [5, 5.41) is 16.4. The fourth-order valence-corrected chi connectivity index (χ4v) is 2.68. The number of carbonyl (C=O) groups is 1. The summed E-state index contributed by atoms with van der Waals surface area (Å²) in [5.74, 6) is -0.712. The number of nitrogens with zero attached hydrogens (tertiary/aromatic N) is 1. The summed E-state index contributed by atoms with van der Waals surface area (Å²) >= 11 is 0. The van der Waals surface area contributed by atoms with Gasteiger partial charge in [0.2, 0.25) is 0 Å².